The Kier molecular flexibility index (Phi) is 6.09. The van der Waals surface area contributed by atoms with Gasteiger partial charge >= 0.3 is 6.18 Å². The molecule has 0 atom stereocenters. The summed E-state index contributed by atoms with van der Waals surface area (Å²) in [7, 11) is 0. The van der Waals surface area contributed by atoms with Gasteiger partial charge in [-0.1, -0.05) is 13.3 Å². The average molecular weight is 420 g/mol. The molecule has 0 radical (unpaired) electrons. The molecule has 9 heteroatoms. The maximum absolute atomic E-state index is 12.5. The number of halogens is 3. The highest BCUT2D eigenvalue weighted by Gasteiger charge is 2.35. The molecule has 3 rings (SSSR count). The van der Waals surface area contributed by atoms with Gasteiger partial charge in [-0.05, 0) is 48.9 Å². The van der Waals surface area contributed by atoms with Crippen LogP contribution >= 0.6 is 0 Å². The molecule has 1 aliphatic heterocycles. The van der Waals surface area contributed by atoms with Crippen molar-refractivity contribution < 1.29 is 32.3 Å². The molecule has 0 aromatic heterocycles. The number of carbonyl (C=O) groups excluding carboxylic acids is 3. The van der Waals surface area contributed by atoms with Gasteiger partial charge in [0.25, 0.3) is 17.7 Å². The fourth-order valence-corrected chi connectivity index (χ4v) is 2.95. The summed E-state index contributed by atoms with van der Waals surface area (Å²) in [5.74, 6) is -1.30. The summed E-state index contributed by atoms with van der Waals surface area (Å²) in [6.07, 6.45) is -2.91. The number of amides is 3. The van der Waals surface area contributed by atoms with Crippen LogP contribution < -0.4 is 10.1 Å². The van der Waals surface area contributed by atoms with E-state index in [9.17, 15) is 27.6 Å². The van der Waals surface area contributed by atoms with Crippen molar-refractivity contribution in [3.63, 3.8) is 0 Å². The van der Waals surface area contributed by atoms with Crippen molar-refractivity contribution in [3.8, 4) is 5.75 Å². The lowest BCUT2D eigenvalue weighted by atomic mass is 10.1. The van der Waals surface area contributed by atoms with Gasteiger partial charge in [-0.25, -0.2) is 0 Å². The number of nitrogens with zero attached hydrogens (tertiary/aromatic N) is 1. The lowest BCUT2D eigenvalue weighted by Gasteiger charge is -2.12. The molecule has 0 aliphatic carbocycles. The summed E-state index contributed by atoms with van der Waals surface area (Å²) < 4.78 is 41.2. The number of nitrogens with one attached hydrogen (secondary N) is 1. The van der Waals surface area contributed by atoms with E-state index >= 15 is 0 Å². The largest absolute Gasteiger partial charge is 0.484 e. The Morgan fingerprint density at radius 3 is 2.33 bits per heavy atom. The molecule has 1 aliphatic rings. The first-order valence-electron chi connectivity index (χ1n) is 9.31. The molecule has 0 fully saturated rings. The minimum Gasteiger partial charge on any atom is -0.484 e. The minimum absolute atomic E-state index is 0.0131. The number of unbranched alkanes of at least 4 members (excludes halogenated alkanes) is 1. The van der Waals surface area contributed by atoms with Crippen LogP contribution in [0.3, 0.4) is 0 Å². The Hall–Kier alpha value is -3.36. The highest BCUT2D eigenvalue weighted by atomic mass is 19.4. The highest BCUT2D eigenvalue weighted by Crippen LogP contribution is 2.25. The normalized spacial score (nSPS) is 13.4. The number of carbonyl (C=O) groups is 3. The molecule has 2 aromatic carbocycles. The van der Waals surface area contributed by atoms with Gasteiger partial charge in [-0.15, -0.1) is 0 Å². The van der Waals surface area contributed by atoms with E-state index in [2.05, 4.69) is 10.1 Å². The fourth-order valence-electron chi connectivity index (χ4n) is 2.95. The number of hydrogen-bond acceptors (Lipinski definition) is 4. The van der Waals surface area contributed by atoms with Crippen LogP contribution in [0.25, 0.3) is 0 Å². The molecule has 1 N–H and O–H groups in total. The van der Waals surface area contributed by atoms with Gasteiger partial charge in [0, 0.05) is 17.8 Å². The lowest BCUT2D eigenvalue weighted by Crippen LogP contribution is -2.30. The van der Waals surface area contributed by atoms with Crippen LogP contribution in [0.4, 0.5) is 18.9 Å². The first-order valence-corrected chi connectivity index (χ1v) is 9.31. The van der Waals surface area contributed by atoms with Gasteiger partial charge < -0.3 is 10.1 Å². The topological polar surface area (TPSA) is 75.7 Å². The van der Waals surface area contributed by atoms with E-state index in [-0.39, 0.29) is 28.3 Å². The van der Waals surface area contributed by atoms with Crippen molar-refractivity contribution in [1.29, 1.82) is 0 Å². The molecule has 0 saturated heterocycles. The first kappa shape index (κ1) is 21.4. The second-order valence-electron chi connectivity index (χ2n) is 6.76. The van der Waals surface area contributed by atoms with E-state index in [1.54, 1.807) is 0 Å². The SMILES string of the molecule is CCCCN1C(=O)c2ccc(C(=O)Nc3ccc(OCC(F)(F)F)cc3)cc2C1=O. The Labute approximate surface area is 170 Å². The van der Waals surface area contributed by atoms with E-state index in [4.69, 9.17) is 0 Å². The Bertz CT molecular complexity index is 971. The zero-order chi connectivity index (χ0) is 21.9. The molecular weight excluding hydrogens is 401 g/mol. The Balaban J connectivity index is 1.68. The predicted octanol–water partition coefficient (Wildman–Crippen LogP) is 4.28. The predicted molar refractivity (Wildman–Crippen MR) is 103 cm³/mol. The highest BCUT2D eigenvalue weighted by molar-refractivity contribution is 6.22. The number of imide groups is 1. The second kappa shape index (κ2) is 8.56. The molecule has 0 unspecified atom stereocenters. The number of rotatable bonds is 7. The van der Waals surface area contributed by atoms with Gasteiger partial charge in [0.05, 0.1) is 11.1 Å². The molecule has 0 spiro atoms. The first-order chi connectivity index (χ1) is 14.2. The summed E-state index contributed by atoms with van der Waals surface area (Å²) >= 11 is 0. The van der Waals surface area contributed by atoms with Crippen LogP contribution in [0.15, 0.2) is 42.5 Å². The van der Waals surface area contributed by atoms with Crippen LogP contribution in [-0.2, 0) is 0 Å². The molecular formula is C21H19F3N2O4. The fraction of sp³-hybridized carbons (Fsp3) is 0.286. The van der Waals surface area contributed by atoms with Gasteiger partial charge in [0.1, 0.15) is 5.75 Å². The molecule has 0 saturated carbocycles. The van der Waals surface area contributed by atoms with Crippen molar-refractivity contribution in [2.45, 2.75) is 25.9 Å². The van der Waals surface area contributed by atoms with Crippen molar-refractivity contribution in [3.05, 3.63) is 59.2 Å². The smallest absolute Gasteiger partial charge is 0.422 e. The molecule has 1 heterocycles. The number of benzene rings is 2. The summed E-state index contributed by atoms with van der Waals surface area (Å²) in [5.41, 5.74) is 0.968. The number of hydrogen-bond donors (Lipinski definition) is 1. The third kappa shape index (κ3) is 4.79. The van der Waals surface area contributed by atoms with Crippen LogP contribution in [0.5, 0.6) is 5.75 Å². The molecule has 6 nitrogen and oxygen atoms in total. The standard InChI is InChI=1S/C21H19F3N2O4/c1-2-3-10-26-19(28)16-9-4-13(11-17(16)20(26)29)18(27)25-14-5-7-15(8-6-14)30-12-21(22,23)24/h4-9,11H,2-3,10,12H2,1H3,(H,25,27). The minimum atomic E-state index is -4.44. The summed E-state index contributed by atoms with van der Waals surface area (Å²) in [6, 6.07) is 9.68. The van der Waals surface area contributed by atoms with Crippen molar-refractivity contribution in [2.24, 2.45) is 0 Å². The van der Waals surface area contributed by atoms with Gasteiger partial charge in [-0.3, -0.25) is 19.3 Å². The third-order valence-corrected chi connectivity index (χ3v) is 4.48. The summed E-state index contributed by atoms with van der Waals surface area (Å²) in [4.78, 5) is 38.5. The van der Waals surface area contributed by atoms with Crippen molar-refractivity contribution in [1.82, 2.24) is 4.90 Å². The summed E-state index contributed by atoms with van der Waals surface area (Å²) in [5, 5.41) is 2.59. The van der Waals surface area contributed by atoms with Gasteiger partial charge in [0.2, 0.25) is 0 Å². The van der Waals surface area contributed by atoms with E-state index in [0.29, 0.717) is 18.7 Å². The molecule has 0 bridgehead atoms. The van der Waals surface area contributed by atoms with Crippen LogP contribution in [0.2, 0.25) is 0 Å². The van der Waals surface area contributed by atoms with Crippen molar-refractivity contribution in [2.75, 3.05) is 18.5 Å². The van der Waals surface area contributed by atoms with Crippen LogP contribution in [0, 0.1) is 0 Å². The summed E-state index contributed by atoms with van der Waals surface area (Å²) in [6.45, 7) is 0.874. The number of anilines is 1. The van der Waals surface area contributed by atoms with E-state index in [0.717, 1.165) is 6.42 Å². The number of ether oxygens (including phenoxy) is 1. The van der Waals surface area contributed by atoms with E-state index < -0.39 is 24.6 Å². The third-order valence-electron chi connectivity index (χ3n) is 4.48. The average Bonchev–Trinajstić information content (AvgIpc) is 2.95. The van der Waals surface area contributed by atoms with Crippen molar-refractivity contribution >= 4 is 23.4 Å². The maximum Gasteiger partial charge on any atom is 0.422 e. The lowest BCUT2D eigenvalue weighted by molar-refractivity contribution is -0.153. The van der Waals surface area contributed by atoms with E-state index in [1.807, 2.05) is 6.92 Å². The Morgan fingerprint density at radius 2 is 1.70 bits per heavy atom. The molecule has 158 valence electrons. The molecule has 30 heavy (non-hydrogen) atoms. The zero-order valence-corrected chi connectivity index (χ0v) is 16.1. The zero-order valence-electron chi connectivity index (χ0n) is 16.1. The number of alkyl halides is 3. The monoisotopic (exact) mass is 420 g/mol. The quantitative estimate of drug-likeness (QED) is 0.679. The maximum atomic E-state index is 12.5. The van der Waals surface area contributed by atoms with Gasteiger partial charge in [0.15, 0.2) is 6.61 Å². The van der Waals surface area contributed by atoms with Gasteiger partial charge in [-0.2, -0.15) is 13.2 Å². The van der Waals surface area contributed by atoms with Crippen LogP contribution in [0.1, 0.15) is 50.8 Å². The van der Waals surface area contributed by atoms with E-state index in [1.165, 1.54) is 47.4 Å². The Morgan fingerprint density at radius 1 is 1.03 bits per heavy atom. The van der Waals surface area contributed by atoms with Crippen LogP contribution in [-0.4, -0.2) is 41.9 Å². The second-order valence-corrected chi connectivity index (χ2v) is 6.76. The number of fused-ring (bicyclic) bond motifs is 1. The molecule has 3 amide bonds. The molecule has 2 aromatic rings.